The normalized spacial score (nSPS) is 11.4. The topological polar surface area (TPSA) is 64.7 Å². The number of nitrogens with two attached hydrogens (primary N) is 1. The van der Waals surface area contributed by atoms with Gasteiger partial charge in [-0.25, -0.2) is 4.79 Å². The first kappa shape index (κ1) is 16.3. The van der Waals surface area contributed by atoms with Crippen molar-refractivity contribution in [2.75, 3.05) is 0 Å². The molecule has 0 heterocycles. The summed E-state index contributed by atoms with van der Waals surface area (Å²) in [7, 11) is 0. The molecule has 0 aromatic heterocycles. The number of halogens is 2. The zero-order valence-corrected chi connectivity index (χ0v) is 13.6. The van der Waals surface area contributed by atoms with Crippen molar-refractivity contribution >= 4 is 35.0 Å². The van der Waals surface area contributed by atoms with Gasteiger partial charge in [-0.2, -0.15) is 0 Å². The Morgan fingerprint density at radius 1 is 1.09 bits per heavy atom. The number of nitrogens with zero attached hydrogens (tertiary/aromatic N) is 1. The summed E-state index contributed by atoms with van der Waals surface area (Å²) < 4.78 is 0. The van der Waals surface area contributed by atoms with E-state index in [1.165, 1.54) is 6.07 Å². The van der Waals surface area contributed by atoms with Gasteiger partial charge in [0.25, 0.3) is 0 Å². The van der Waals surface area contributed by atoms with Gasteiger partial charge in [0.15, 0.2) is 5.84 Å². The largest absolute Gasteiger partial charge is 0.380 e. The number of rotatable bonds is 3. The van der Waals surface area contributed by atoms with Gasteiger partial charge in [0.05, 0.1) is 10.6 Å². The molecule has 0 spiro atoms. The molecule has 2 aromatic rings. The van der Waals surface area contributed by atoms with Gasteiger partial charge in [0.2, 0.25) is 0 Å². The van der Waals surface area contributed by atoms with Crippen LogP contribution in [0.15, 0.2) is 41.6 Å². The van der Waals surface area contributed by atoms with Crippen molar-refractivity contribution in [3.8, 4) is 0 Å². The van der Waals surface area contributed by atoms with E-state index >= 15 is 0 Å². The molecule has 6 heteroatoms. The number of hydrogen-bond acceptors (Lipinski definition) is 3. The maximum atomic E-state index is 12.1. The van der Waals surface area contributed by atoms with E-state index in [4.69, 9.17) is 33.8 Å². The number of carbonyl (C=O) groups excluding carboxylic acids is 1. The van der Waals surface area contributed by atoms with Crippen molar-refractivity contribution in [1.82, 2.24) is 0 Å². The number of hydrogen-bond donors (Lipinski definition) is 1. The summed E-state index contributed by atoms with van der Waals surface area (Å²) in [6.45, 7) is 3.71. The summed E-state index contributed by atoms with van der Waals surface area (Å²) in [4.78, 5) is 17.0. The molecule has 0 saturated heterocycles. The smallest absolute Gasteiger partial charge is 0.366 e. The lowest BCUT2D eigenvalue weighted by Gasteiger charge is -2.06. The van der Waals surface area contributed by atoms with E-state index in [-0.39, 0.29) is 5.84 Å². The molecular weight excluding hydrogens is 323 g/mol. The highest BCUT2D eigenvalue weighted by atomic mass is 35.5. The minimum Gasteiger partial charge on any atom is -0.380 e. The molecule has 2 rings (SSSR count). The SMILES string of the molecule is Cc1ccc(C)c(C(=O)O/N=C(\N)c2ccc(Cl)cc2Cl)c1. The molecular formula is C16H14Cl2N2O2. The van der Waals surface area contributed by atoms with Crippen molar-refractivity contribution < 1.29 is 9.63 Å². The Morgan fingerprint density at radius 2 is 1.82 bits per heavy atom. The highest BCUT2D eigenvalue weighted by molar-refractivity contribution is 6.36. The summed E-state index contributed by atoms with van der Waals surface area (Å²) in [5.74, 6) is -0.574. The summed E-state index contributed by atoms with van der Waals surface area (Å²) in [6, 6.07) is 10.3. The van der Waals surface area contributed by atoms with Gasteiger partial charge in [-0.1, -0.05) is 46.1 Å². The van der Waals surface area contributed by atoms with E-state index in [0.29, 0.717) is 21.2 Å². The highest BCUT2D eigenvalue weighted by Gasteiger charge is 2.12. The molecule has 0 aliphatic heterocycles. The number of benzene rings is 2. The zero-order chi connectivity index (χ0) is 16.3. The molecule has 2 N–H and O–H groups in total. The molecule has 0 unspecified atom stereocenters. The predicted octanol–water partition coefficient (Wildman–Crippen LogP) is 4.09. The van der Waals surface area contributed by atoms with Crippen LogP contribution in [0.5, 0.6) is 0 Å². The average Bonchev–Trinajstić information content (AvgIpc) is 2.47. The number of carbonyl (C=O) groups is 1. The Kier molecular flexibility index (Phi) is 5.06. The third kappa shape index (κ3) is 3.78. The van der Waals surface area contributed by atoms with Gasteiger partial charge in [-0.15, -0.1) is 0 Å². The van der Waals surface area contributed by atoms with Crippen molar-refractivity contribution in [3.63, 3.8) is 0 Å². The molecule has 0 amide bonds. The quantitative estimate of drug-likeness (QED) is 0.397. The molecule has 4 nitrogen and oxygen atoms in total. The van der Waals surface area contributed by atoms with Crippen LogP contribution in [0.1, 0.15) is 27.0 Å². The third-order valence-electron chi connectivity index (χ3n) is 3.05. The summed E-state index contributed by atoms with van der Waals surface area (Å²) in [5.41, 5.74) is 8.43. The van der Waals surface area contributed by atoms with Gasteiger partial charge in [0.1, 0.15) is 0 Å². The van der Waals surface area contributed by atoms with E-state index in [0.717, 1.165) is 11.1 Å². The van der Waals surface area contributed by atoms with E-state index in [1.807, 2.05) is 26.0 Å². The van der Waals surface area contributed by atoms with Crippen LogP contribution < -0.4 is 5.73 Å². The van der Waals surface area contributed by atoms with Crippen LogP contribution in [0.2, 0.25) is 10.0 Å². The molecule has 22 heavy (non-hydrogen) atoms. The molecule has 2 aromatic carbocycles. The maximum Gasteiger partial charge on any atom is 0.366 e. The molecule has 0 aliphatic carbocycles. The number of oxime groups is 1. The van der Waals surface area contributed by atoms with Crippen molar-refractivity contribution in [1.29, 1.82) is 0 Å². The molecule has 0 saturated carbocycles. The van der Waals surface area contributed by atoms with Crippen LogP contribution in [0, 0.1) is 13.8 Å². The van der Waals surface area contributed by atoms with Gasteiger partial charge in [0, 0.05) is 10.6 Å². The van der Waals surface area contributed by atoms with Gasteiger partial charge in [-0.3, -0.25) is 0 Å². The fourth-order valence-electron chi connectivity index (χ4n) is 1.84. The van der Waals surface area contributed by atoms with Crippen LogP contribution in [0.4, 0.5) is 0 Å². The lowest BCUT2D eigenvalue weighted by Crippen LogP contribution is -2.16. The molecule has 0 bridgehead atoms. The second-order valence-corrected chi connectivity index (χ2v) is 5.64. The van der Waals surface area contributed by atoms with Crippen molar-refractivity contribution in [3.05, 3.63) is 68.7 Å². The van der Waals surface area contributed by atoms with E-state index in [1.54, 1.807) is 18.2 Å². The van der Waals surface area contributed by atoms with Crippen molar-refractivity contribution in [2.45, 2.75) is 13.8 Å². The zero-order valence-electron chi connectivity index (χ0n) is 12.1. The second-order valence-electron chi connectivity index (χ2n) is 4.80. The monoisotopic (exact) mass is 336 g/mol. The van der Waals surface area contributed by atoms with Gasteiger partial charge < -0.3 is 10.6 Å². The van der Waals surface area contributed by atoms with Gasteiger partial charge >= 0.3 is 5.97 Å². The van der Waals surface area contributed by atoms with Crippen LogP contribution in [-0.2, 0) is 4.84 Å². The van der Waals surface area contributed by atoms with Crippen LogP contribution >= 0.6 is 23.2 Å². The summed E-state index contributed by atoms with van der Waals surface area (Å²) >= 11 is 11.8. The minimum atomic E-state index is -0.575. The van der Waals surface area contributed by atoms with Crippen LogP contribution in [0.25, 0.3) is 0 Å². The fraction of sp³-hybridized carbons (Fsp3) is 0.125. The Bertz CT molecular complexity index is 758. The van der Waals surface area contributed by atoms with Gasteiger partial charge in [-0.05, 0) is 43.7 Å². The Hall–Kier alpha value is -2.04. The fourth-order valence-corrected chi connectivity index (χ4v) is 2.35. The molecule has 0 atom stereocenters. The number of aryl methyl sites for hydroxylation is 2. The Balaban J connectivity index is 2.20. The second kappa shape index (κ2) is 6.81. The highest BCUT2D eigenvalue weighted by Crippen LogP contribution is 2.21. The lowest BCUT2D eigenvalue weighted by molar-refractivity contribution is 0.0515. The van der Waals surface area contributed by atoms with Crippen LogP contribution in [0.3, 0.4) is 0 Å². The Morgan fingerprint density at radius 3 is 2.50 bits per heavy atom. The van der Waals surface area contributed by atoms with E-state index in [2.05, 4.69) is 5.16 Å². The van der Waals surface area contributed by atoms with Crippen LogP contribution in [-0.4, -0.2) is 11.8 Å². The first-order chi connectivity index (χ1) is 10.4. The van der Waals surface area contributed by atoms with Crippen molar-refractivity contribution in [2.24, 2.45) is 10.9 Å². The molecule has 0 radical (unpaired) electrons. The third-order valence-corrected chi connectivity index (χ3v) is 3.59. The standard InChI is InChI=1S/C16H14Cl2N2O2/c1-9-3-4-10(2)13(7-9)16(21)22-20-15(19)12-6-5-11(17)8-14(12)18/h3-8H,1-2H3,(H2,19,20). The van der Waals surface area contributed by atoms with E-state index in [9.17, 15) is 4.79 Å². The molecule has 114 valence electrons. The van der Waals surface area contributed by atoms with E-state index < -0.39 is 5.97 Å². The molecule has 0 aliphatic rings. The number of amidine groups is 1. The average molecular weight is 337 g/mol. The maximum absolute atomic E-state index is 12.1. The first-order valence-electron chi connectivity index (χ1n) is 6.46. The lowest BCUT2D eigenvalue weighted by atomic mass is 10.1. The molecule has 0 fully saturated rings. The first-order valence-corrected chi connectivity index (χ1v) is 7.21. The Labute approximate surface area is 138 Å². The minimum absolute atomic E-state index is 0.000299. The predicted molar refractivity (Wildman–Crippen MR) is 88.5 cm³/mol. The summed E-state index contributed by atoms with van der Waals surface area (Å²) in [6.07, 6.45) is 0. The summed E-state index contributed by atoms with van der Waals surface area (Å²) in [5, 5.41) is 4.46.